The van der Waals surface area contributed by atoms with Crippen molar-refractivity contribution in [3.8, 4) is 5.75 Å². The lowest BCUT2D eigenvalue weighted by Crippen LogP contribution is -2.14. The number of anilines is 1. The largest absolute Gasteiger partial charge is 0.489 e. The van der Waals surface area contributed by atoms with Gasteiger partial charge in [-0.2, -0.15) is 0 Å². The van der Waals surface area contributed by atoms with Crippen molar-refractivity contribution >= 4 is 27.8 Å². The molecule has 2 N–H and O–H groups in total. The number of aromatic nitrogens is 2. The number of para-hydroxylation sites is 1. The molecule has 6 heteroatoms. The molecule has 2 unspecified atom stereocenters. The summed E-state index contributed by atoms with van der Waals surface area (Å²) in [5.74, 6) is 1.22. The van der Waals surface area contributed by atoms with Gasteiger partial charge in [0, 0.05) is 28.9 Å². The zero-order valence-corrected chi connectivity index (χ0v) is 13.8. The minimum atomic E-state index is -0.824. The number of rotatable bonds is 6. The van der Waals surface area contributed by atoms with Crippen LogP contribution in [0.3, 0.4) is 0 Å². The fraction of sp³-hybridized carbons (Fsp3) is 0.533. The van der Waals surface area contributed by atoms with Gasteiger partial charge in [-0.05, 0) is 32.4 Å². The van der Waals surface area contributed by atoms with Crippen LogP contribution in [0.25, 0.3) is 11.0 Å². The molecule has 0 spiro atoms. The number of nitrogens with zero attached hydrogens (tertiary/aromatic N) is 2. The highest BCUT2D eigenvalue weighted by atomic mass is 32.2. The average molecular weight is 309 g/mol. The van der Waals surface area contributed by atoms with Crippen molar-refractivity contribution in [2.24, 2.45) is 0 Å². The first-order valence-corrected chi connectivity index (χ1v) is 8.76. The second-order valence-electron chi connectivity index (χ2n) is 5.51. The molecule has 0 bridgehead atoms. The average Bonchev–Trinajstić information content (AvgIpc) is 2.72. The molecule has 0 fully saturated rings. The number of nitrogens with two attached hydrogens (primary N) is 1. The third-order valence-electron chi connectivity index (χ3n) is 3.46. The molecule has 1 heterocycles. The molecule has 0 aliphatic carbocycles. The first-order valence-electron chi connectivity index (χ1n) is 7.13. The van der Waals surface area contributed by atoms with Crippen molar-refractivity contribution in [2.45, 2.75) is 45.1 Å². The number of ether oxygens (including phenoxy) is 1. The Bertz CT molecular complexity index is 652. The number of hydrogen-bond donors (Lipinski definition) is 1. The molecule has 0 aliphatic rings. The SMILES string of the molecule is CC(C)Oc1cccc2c1nc(N)n2CCC(C)S(C)=O. The maximum absolute atomic E-state index is 11.5. The summed E-state index contributed by atoms with van der Waals surface area (Å²) < 4.78 is 19.2. The Morgan fingerprint density at radius 2 is 2.10 bits per heavy atom. The summed E-state index contributed by atoms with van der Waals surface area (Å²) >= 11 is 0. The second-order valence-corrected chi connectivity index (χ2v) is 7.31. The third-order valence-corrected chi connectivity index (χ3v) is 4.83. The highest BCUT2D eigenvalue weighted by Crippen LogP contribution is 2.28. The molecule has 0 amide bonds. The van der Waals surface area contributed by atoms with E-state index in [0.29, 0.717) is 12.5 Å². The van der Waals surface area contributed by atoms with Crippen molar-refractivity contribution in [3.63, 3.8) is 0 Å². The van der Waals surface area contributed by atoms with Crippen molar-refractivity contribution in [1.82, 2.24) is 9.55 Å². The molecule has 2 atom stereocenters. The van der Waals surface area contributed by atoms with Crippen molar-refractivity contribution in [2.75, 3.05) is 12.0 Å². The number of fused-ring (bicyclic) bond motifs is 1. The van der Waals surface area contributed by atoms with Gasteiger partial charge in [-0.25, -0.2) is 4.98 Å². The predicted octanol–water partition coefficient (Wildman–Crippen LogP) is 2.56. The Kier molecular flexibility index (Phi) is 4.88. The second kappa shape index (κ2) is 6.47. The summed E-state index contributed by atoms with van der Waals surface area (Å²) in [5, 5.41) is 0.136. The fourth-order valence-electron chi connectivity index (χ4n) is 2.20. The van der Waals surface area contributed by atoms with Crippen LogP contribution >= 0.6 is 0 Å². The quantitative estimate of drug-likeness (QED) is 0.890. The Morgan fingerprint density at radius 3 is 2.71 bits per heavy atom. The van der Waals surface area contributed by atoms with Gasteiger partial charge in [0.2, 0.25) is 5.95 Å². The number of hydrogen-bond acceptors (Lipinski definition) is 4. The van der Waals surface area contributed by atoms with E-state index in [1.54, 1.807) is 6.26 Å². The molecule has 2 rings (SSSR count). The number of aryl methyl sites for hydroxylation is 1. The van der Waals surface area contributed by atoms with E-state index in [1.165, 1.54) is 0 Å². The van der Waals surface area contributed by atoms with Gasteiger partial charge < -0.3 is 15.0 Å². The Labute approximate surface area is 127 Å². The zero-order chi connectivity index (χ0) is 15.6. The Balaban J connectivity index is 2.32. The van der Waals surface area contributed by atoms with E-state index in [2.05, 4.69) is 4.98 Å². The summed E-state index contributed by atoms with van der Waals surface area (Å²) in [6.45, 7) is 6.65. The van der Waals surface area contributed by atoms with Gasteiger partial charge in [0.1, 0.15) is 11.3 Å². The van der Waals surface area contributed by atoms with E-state index >= 15 is 0 Å². The summed E-state index contributed by atoms with van der Waals surface area (Å²) in [7, 11) is -0.824. The first kappa shape index (κ1) is 15.8. The fourth-order valence-corrected chi connectivity index (χ4v) is 2.64. The molecule has 1 aromatic carbocycles. The third kappa shape index (κ3) is 3.56. The first-order chi connectivity index (χ1) is 9.90. The van der Waals surface area contributed by atoms with Crippen molar-refractivity contribution < 1.29 is 8.95 Å². The topological polar surface area (TPSA) is 70.1 Å². The zero-order valence-electron chi connectivity index (χ0n) is 13.0. The molecule has 21 heavy (non-hydrogen) atoms. The molecule has 0 radical (unpaired) electrons. The van der Waals surface area contributed by atoms with E-state index in [4.69, 9.17) is 10.5 Å². The van der Waals surface area contributed by atoms with E-state index < -0.39 is 10.8 Å². The molecule has 116 valence electrons. The standard InChI is InChI=1S/C15H23N3O2S/c1-10(2)20-13-7-5-6-12-14(13)17-15(16)18(12)9-8-11(3)21(4)19/h5-7,10-11H,8-9H2,1-4H3,(H2,16,17). The van der Waals surface area contributed by atoms with Gasteiger partial charge >= 0.3 is 0 Å². The molecule has 1 aromatic heterocycles. The normalized spacial score (nSPS) is 14.5. The van der Waals surface area contributed by atoms with E-state index in [9.17, 15) is 4.21 Å². The van der Waals surface area contributed by atoms with Gasteiger partial charge in [0.15, 0.2) is 0 Å². The van der Waals surface area contributed by atoms with Gasteiger partial charge in [0.25, 0.3) is 0 Å². The minimum Gasteiger partial charge on any atom is -0.489 e. The highest BCUT2D eigenvalue weighted by molar-refractivity contribution is 7.84. The summed E-state index contributed by atoms with van der Waals surface area (Å²) in [6, 6.07) is 5.83. The summed E-state index contributed by atoms with van der Waals surface area (Å²) in [4.78, 5) is 4.43. The van der Waals surface area contributed by atoms with Gasteiger partial charge in [-0.15, -0.1) is 0 Å². The smallest absolute Gasteiger partial charge is 0.201 e. The van der Waals surface area contributed by atoms with Gasteiger partial charge in [-0.3, -0.25) is 4.21 Å². The van der Waals surface area contributed by atoms with Crippen LogP contribution in [0.5, 0.6) is 5.75 Å². The number of benzene rings is 1. The van der Waals surface area contributed by atoms with Gasteiger partial charge in [-0.1, -0.05) is 13.0 Å². The molecule has 0 aliphatic heterocycles. The monoisotopic (exact) mass is 309 g/mol. The van der Waals surface area contributed by atoms with Crippen LogP contribution in [-0.2, 0) is 17.3 Å². The van der Waals surface area contributed by atoms with Crippen LogP contribution in [0.15, 0.2) is 18.2 Å². The van der Waals surface area contributed by atoms with Crippen LogP contribution < -0.4 is 10.5 Å². The Morgan fingerprint density at radius 1 is 1.38 bits per heavy atom. The van der Waals surface area contributed by atoms with Crippen molar-refractivity contribution in [1.29, 1.82) is 0 Å². The van der Waals surface area contributed by atoms with E-state index in [1.807, 2.05) is 43.5 Å². The predicted molar refractivity (Wildman–Crippen MR) is 88.1 cm³/mol. The molecule has 0 saturated carbocycles. The molecule has 0 saturated heterocycles. The lowest BCUT2D eigenvalue weighted by molar-refractivity contribution is 0.245. The Hall–Kier alpha value is -1.56. The lowest BCUT2D eigenvalue weighted by Gasteiger charge is -2.12. The number of nitrogen functional groups attached to an aromatic ring is 1. The number of imidazole rings is 1. The summed E-state index contributed by atoms with van der Waals surface area (Å²) in [5.41, 5.74) is 7.78. The van der Waals surface area contributed by atoms with E-state index in [0.717, 1.165) is 23.2 Å². The highest BCUT2D eigenvalue weighted by Gasteiger charge is 2.14. The maximum Gasteiger partial charge on any atom is 0.201 e. The molecular weight excluding hydrogens is 286 g/mol. The van der Waals surface area contributed by atoms with Crippen molar-refractivity contribution in [3.05, 3.63) is 18.2 Å². The summed E-state index contributed by atoms with van der Waals surface area (Å²) in [6.07, 6.45) is 2.62. The van der Waals surface area contributed by atoms with Crippen LogP contribution in [-0.4, -0.2) is 31.4 Å². The van der Waals surface area contributed by atoms with Crippen LogP contribution in [0.2, 0.25) is 0 Å². The molecule has 5 nitrogen and oxygen atoms in total. The maximum atomic E-state index is 11.5. The van der Waals surface area contributed by atoms with Crippen LogP contribution in [0, 0.1) is 0 Å². The molecule has 2 aromatic rings. The van der Waals surface area contributed by atoms with Crippen LogP contribution in [0.4, 0.5) is 5.95 Å². The van der Waals surface area contributed by atoms with Crippen LogP contribution in [0.1, 0.15) is 27.2 Å². The lowest BCUT2D eigenvalue weighted by atomic mass is 10.2. The van der Waals surface area contributed by atoms with Gasteiger partial charge in [0.05, 0.1) is 11.6 Å². The van der Waals surface area contributed by atoms with E-state index in [-0.39, 0.29) is 11.4 Å². The molecular formula is C15H23N3O2S. The minimum absolute atomic E-state index is 0.0875.